The molecule has 1 fully saturated rings. The molecule has 1 aromatic rings. The maximum Gasteiger partial charge on any atom is 0.224 e. The lowest BCUT2D eigenvalue weighted by Gasteiger charge is -2.38. The third-order valence-electron chi connectivity index (χ3n) is 5.82. The monoisotopic (exact) mass is 402 g/mol. The molecule has 3 nitrogen and oxygen atoms in total. The summed E-state index contributed by atoms with van der Waals surface area (Å²) in [4.78, 5) is 17.6. The van der Waals surface area contributed by atoms with Gasteiger partial charge in [-0.1, -0.05) is 56.3 Å². The Morgan fingerprint density at radius 2 is 2.07 bits per heavy atom. The molecule has 1 aliphatic carbocycles. The summed E-state index contributed by atoms with van der Waals surface area (Å²) in [5.41, 5.74) is 3.65. The van der Waals surface area contributed by atoms with Crippen LogP contribution in [-0.4, -0.2) is 28.7 Å². The van der Waals surface area contributed by atoms with E-state index in [1.807, 2.05) is 11.8 Å². The first-order valence-corrected chi connectivity index (χ1v) is 10.5. The highest BCUT2D eigenvalue weighted by Crippen LogP contribution is 2.52. The number of aliphatic imine (C=N–C) groups is 1. The standard InChI is InChI=1S/C22H26N2OS.ClH/c1-15(2)17-8-6-16(7-9-17)13-24-21(25)18-14-26-22-11-4-3-5-20(22)23-12-10-19(18)22;/h3-9,11,15,18-19H,10,12-14H2,1-2H3,(H,24,25);1H. The van der Waals surface area contributed by atoms with Crippen LogP contribution >= 0.6 is 24.2 Å². The van der Waals surface area contributed by atoms with Gasteiger partial charge in [-0.25, -0.2) is 0 Å². The van der Waals surface area contributed by atoms with Gasteiger partial charge in [0.1, 0.15) is 0 Å². The zero-order chi connectivity index (χ0) is 18.1. The van der Waals surface area contributed by atoms with E-state index in [0.717, 1.165) is 30.0 Å². The van der Waals surface area contributed by atoms with E-state index in [4.69, 9.17) is 4.99 Å². The molecule has 0 aromatic heterocycles. The van der Waals surface area contributed by atoms with Gasteiger partial charge in [0.05, 0.1) is 16.4 Å². The number of carbonyl (C=O) groups is 1. The van der Waals surface area contributed by atoms with Crippen LogP contribution in [0.15, 0.2) is 53.6 Å². The van der Waals surface area contributed by atoms with E-state index in [-0.39, 0.29) is 29.0 Å². The second kappa shape index (κ2) is 8.24. The molecule has 2 heterocycles. The first-order chi connectivity index (χ1) is 12.6. The van der Waals surface area contributed by atoms with Gasteiger partial charge < -0.3 is 5.32 Å². The fourth-order valence-electron chi connectivity index (χ4n) is 4.26. The third-order valence-corrected chi connectivity index (χ3v) is 7.47. The molecule has 1 amide bonds. The number of hydrogen-bond donors (Lipinski definition) is 1. The van der Waals surface area contributed by atoms with Gasteiger partial charge in [-0.15, -0.1) is 24.2 Å². The van der Waals surface area contributed by atoms with E-state index in [1.54, 1.807) is 0 Å². The van der Waals surface area contributed by atoms with Crippen molar-refractivity contribution in [3.8, 4) is 0 Å². The van der Waals surface area contributed by atoms with Gasteiger partial charge in [0.2, 0.25) is 5.91 Å². The zero-order valence-electron chi connectivity index (χ0n) is 15.9. The molecule has 3 aliphatic rings. The van der Waals surface area contributed by atoms with Crippen LogP contribution in [0.4, 0.5) is 0 Å². The minimum atomic E-state index is -0.0755. The fraction of sp³-hybridized carbons (Fsp3) is 0.455. The molecule has 1 spiro atoms. The van der Waals surface area contributed by atoms with Crippen LogP contribution in [0.3, 0.4) is 0 Å². The number of benzene rings is 1. The summed E-state index contributed by atoms with van der Waals surface area (Å²) in [6.07, 6.45) is 9.55. The summed E-state index contributed by atoms with van der Waals surface area (Å²) in [7, 11) is 0. The lowest BCUT2D eigenvalue weighted by Crippen LogP contribution is -2.46. The highest BCUT2D eigenvalue weighted by atomic mass is 35.5. The quantitative estimate of drug-likeness (QED) is 0.803. The average molecular weight is 403 g/mol. The van der Waals surface area contributed by atoms with Crippen molar-refractivity contribution < 1.29 is 4.79 Å². The molecule has 3 unspecified atom stereocenters. The number of rotatable bonds is 4. The van der Waals surface area contributed by atoms with Crippen LogP contribution in [0.25, 0.3) is 0 Å². The molecule has 144 valence electrons. The number of nitrogens with zero attached hydrogens (tertiary/aromatic N) is 1. The van der Waals surface area contributed by atoms with Crippen LogP contribution in [-0.2, 0) is 11.3 Å². The van der Waals surface area contributed by atoms with Gasteiger partial charge >= 0.3 is 0 Å². The first-order valence-electron chi connectivity index (χ1n) is 9.51. The SMILES string of the molecule is CC(C)c1ccc(CNC(=O)C2CSC34C=CC=CC3=NCCC24)cc1.Cl. The van der Waals surface area contributed by atoms with Gasteiger partial charge in [-0.05, 0) is 35.5 Å². The highest BCUT2D eigenvalue weighted by molar-refractivity contribution is 8.02. The Morgan fingerprint density at radius 1 is 1.30 bits per heavy atom. The third kappa shape index (κ3) is 3.74. The van der Waals surface area contributed by atoms with Crippen molar-refractivity contribution >= 4 is 35.8 Å². The molecule has 5 heteroatoms. The van der Waals surface area contributed by atoms with E-state index in [0.29, 0.717) is 18.4 Å². The minimum Gasteiger partial charge on any atom is -0.352 e. The van der Waals surface area contributed by atoms with Crippen LogP contribution < -0.4 is 5.32 Å². The average Bonchev–Trinajstić information content (AvgIpc) is 3.04. The van der Waals surface area contributed by atoms with Crippen molar-refractivity contribution in [3.05, 3.63) is 59.7 Å². The molecule has 0 bridgehead atoms. The van der Waals surface area contributed by atoms with E-state index >= 15 is 0 Å². The van der Waals surface area contributed by atoms with Crippen LogP contribution in [0.1, 0.15) is 37.3 Å². The Labute approximate surface area is 172 Å². The zero-order valence-corrected chi connectivity index (χ0v) is 17.5. The van der Waals surface area contributed by atoms with E-state index < -0.39 is 0 Å². The van der Waals surface area contributed by atoms with Gasteiger partial charge in [-0.2, -0.15) is 0 Å². The highest BCUT2D eigenvalue weighted by Gasteiger charge is 2.53. The smallest absolute Gasteiger partial charge is 0.224 e. The van der Waals surface area contributed by atoms with Gasteiger partial charge in [0.25, 0.3) is 0 Å². The topological polar surface area (TPSA) is 41.5 Å². The molecule has 2 aliphatic heterocycles. The molecule has 3 atom stereocenters. The van der Waals surface area contributed by atoms with Crippen molar-refractivity contribution in [2.24, 2.45) is 16.8 Å². The van der Waals surface area contributed by atoms with Crippen molar-refractivity contribution in [1.82, 2.24) is 5.32 Å². The number of amides is 1. The first kappa shape index (κ1) is 20.2. The fourth-order valence-corrected chi connectivity index (χ4v) is 6.05. The molecule has 4 rings (SSSR count). The molecular weight excluding hydrogens is 376 g/mol. The number of allylic oxidation sites excluding steroid dienone is 3. The lowest BCUT2D eigenvalue weighted by molar-refractivity contribution is -0.125. The predicted octanol–water partition coefficient (Wildman–Crippen LogP) is 4.54. The second-order valence-electron chi connectivity index (χ2n) is 7.71. The van der Waals surface area contributed by atoms with Gasteiger partial charge in [-0.3, -0.25) is 9.79 Å². The Balaban J connectivity index is 0.00000210. The summed E-state index contributed by atoms with van der Waals surface area (Å²) in [5.74, 6) is 2.02. The Kier molecular flexibility index (Phi) is 6.17. The Bertz CT molecular complexity index is 784. The normalized spacial score (nSPS) is 28.2. The van der Waals surface area contributed by atoms with Crippen LogP contribution in [0, 0.1) is 11.8 Å². The lowest BCUT2D eigenvalue weighted by atomic mass is 9.74. The molecule has 1 aromatic carbocycles. The van der Waals surface area contributed by atoms with E-state index in [2.05, 4.69) is 67.7 Å². The van der Waals surface area contributed by atoms with Crippen molar-refractivity contribution in [1.29, 1.82) is 0 Å². The van der Waals surface area contributed by atoms with Crippen molar-refractivity contribution in [2.45, 2.75) is 37.5 Å². The molecule has 27 heavy (non-hydrogen) atoms. The predicted molar refractivity (Wildman–Crippen MR) is 117 cm³/mol. The van der Waals surface area contributed by atoms with Gasteiger partial charge in [0, 0.05) is 18.8 Å². The largest absolute Gasteiger partial charge is 0.352 e. The van der Waals surface area contributed by atoms with Crippen LogP contribution in [0.2, 0.25) is 0 Å². The number of thioether (sulfide) groups is 1. The number of halogens is 1. The van der Waals surface area contributed by atoms with Crippen molar-refractivity contribution in [3.63, 3.8) is 0 Å². The Hall–Kier alpha value is -1.52. The van der Waals surface area contributed by atoms with Crippen LogP contribution in [0.5, 0.6) is 0 Å². The van der Waals surface area contributed by atoms with E-state index in [9.17, 15) is 4.79 Å². The maximum atomic E-state index is 12.9. The number of nitrogens with one attached hydrogen (secondary N) is 1. The molecule has 0 saturated carbocycles. The molecule has 0 radical (unpaired) electrons. The second-order valence-corrected chi connectivity index (χ2v) is 9.00. The molecule has 1 saturated heterocycles. The summed E-state index contributed by atoms with van der Waals surface area (Å²) in [6.45, 7) is 5.83. The van der Waals surface area contributed by atoms with Crippen molar-refractivity contribution in [2.75, 3.05) is 12.3 Å². The number of carbonyl (C=O) groups excluding carboxylic acids is 1. The van der Waals surface area contributed by atoms with E-state index in [1.165, 1.54) is 5.56 Å². The summed E-state index contributed by atoms with van der Waals surface area (Å²) < 4.78 is -0.0755. The number of hydrogen-bond acceptors (Lipinski definition) is 3. The summed E-state index contributed by atoms with van der Waals surface area (Å²) in [5, 5.41) is 3.18. The van der Waals surface area contributed by atoms with Gasteiger partial charge in [0.15, 0.2) is 0 Å². The Morgan fingerprint density at radius 3 is 2.81 bits per heavy atom. The summed E-state index contributed by atoms with van der Waals surface area (Å²) >= 11 is 1.89. The minimum absolute atomic E-state index is 0. The maximum absolute atomic E-state index is 12.9. The molecular formula is C22H27ClN2OS. The molecule has 1 N–H and O–H groups in total. The summed E-state index contributed by atoms with van der Waals surface area (Å²) in [6, 6.07) is 8.58.